The molecule has 0 aromatic carbocycles. The second-order valence-electron chi connectivity index (χ2n) is 3.78. The van der Waals surface area contributed by atoms with Crippen LogP contribution in [0.15, 0.2) is 0 Å². The molecule has 1 heterocycles. The third-order valence-corrected chi connectivity index (χ3v) is 2.44. The average molecular weight is 226 g/mol. The predicted octanol–water partition coefficient (Wildman–Crippen LogP) is 0.458. The maximum Gasteiger partial charge on any atom is 0.237 e. The van der Waals surface area contributed by atoms with E-state index in [1.165, 1.54) is 0 Å². The molecule has 0 aromatic heterocycles. The van der Waals surface area contributed by atoms with E-state index in [1.807, 2.05) is 13.0 Å². The van der Waals surface area contributed by atoms with Gasteiger partial charge in [-0.1, -0.05) is 13.3 Å². The standard InChI is InChI=1S/C11H18N2O3/c1-2-3-9(6-12)11(14)13-7-10-8-15-4-5-16-10/h9-10H,2-5,7-8H2,1H3,(H,13,14). The van der Waals surface area contributed by atoms with Crippen molar-refractivity contribution >= 4 is 5.91 Å². The van der Waals surface area contributed by atoms with E-state index in [2.05, 4.69) is 5.32 Å². The van der Waals surface area contributed by atoms with Gasteiger partial charge in [-0.15, -0.1) is 0 Å². The van der Waals surface area contributed by atoms with E-state index in [9.17, 15) is 4.79 Å². The first-order valence-electron chi connectivity index (χ1n) is 5.64. The van der Waals surface area contributed by atoms with Gasteiger partial charge in [0, 0.05) is 6.54 Å². The monoisotopic (exact) mass is 226 g/mol. The van der Waals surface area contributed by atoms with Crippen LogP contribution in [0.1, 0.15) is 19.8 Å². The second-order valence-corrected chi connectivity index (χ2v) is 3.78. The lowest BCUT2D eigenvalue weighted by Gasteiger charge is -2.23. The van der Waals surface area contributed by atoms with Crippen LogP contribution in [0, 0.1) is 17.2 Å². The predicted molar refractivity (Wildman–Crippen MR) is 57.6 cm³/mol. The summed E-state index contributed by atoms with van der Waals surface area (Å²) in [4.78, 5) is 11.6. The van der Waals surface area contributed by atoms with Crippen molar-refractivity contribution in [2.75, 3.05) is 26.4 Å². The van der Waals surface area contributed by atoms with Crippen LogP contribution < -0.4 is 5.32 Å². The van der Waals surface area contributed by atoms with Gasteiger partial charge in [0.05, 0.1) is 32.0 Å². The van der Waals surface area contributed by atoms with Gasteiger partial charge in [0.1, 0.15) is 5.92 Å². The largest absolute Gasteiger partial charge is 0.376 e. The van der Waals surface area contributed by atoms with Crippen LogP contribution in [0.5, 0.6) is 0 Å². The van der Waals surface area contributed by atoms with Crippen molar-refractivity contribution < 1.29 is 14.3 Å². The Hall–Kier alpha value is -1.12. The molecule has 2 unspecified atom stereocenters. The summed E-state index contributed by atoms with van der Waals surface area (Å²) in [6.07, 6.45) is 1.35. The summed E-state index contributed by atoms with van der Waals surface area (Å²) in [6.45, 7) is 4.06. The normalized spacial score (nSPS) is 22.1. The molecule has 1 saturated heterocycles. The molecule has 1 fully saturated rings. The van der Waals surface area contributed by atoms with Crippen LogP contribution >= 0.6 is 0 Å². The van der Waals surface area contributed by atoms with Crippen molar-refractivity contribution in [2.45, 2.75) is 25.9 Å². The number of amides is 1. The van der Waals surface area contributed by atoms with E-state index >= 15 is 0 Å². The molecule has 0 radical (unpaired) electrons. The highest BCUT2D eigenvalue weighted by atomic mass is 16.6. The summed E-state index contributed by atoms with van der Waals surface area (Å²) in [5, 5.41) is 11.5. The Kier molecular flexibility index (Phi) is 5.83. The van der Waals surface area contributed by atoms with Crippen LogP contribution in [-0.4, -0.2) is 38.4 Å². The summed E-state index contributed by atoms with van der Waals surface area (Å²) in [7, 11) is 0. The lowest BCUT2D eigenvalue weighted by molar-refractivity contribution is -0.126. The minimum Gasteiger partial charge on any atom is -0.376 e. The molecule has 1 rings (SSSR count). The summed E-state index contributed by atoms with van der Waals surface area (Å²) in [5.74, 6) is -0.756. The van der Waals surface area contributed by atoms with Crippen LogP contribution in [0.3, 0.4) is 0 Å². The molecule has 5 nitrogen and oxygen atoms in total. The smallest absolute Gasteiger partial charge is 0.237 e. The average Bonchev–Trinajstić information content (AvgIpc) is 2.34. The van der Waals surface area contributed by atoms with Gasteiger partial charge >= 0.3 is 0 Å². The molecule has 0 aliphatic carbocycles. The molecule has 0 spiro atoms. The zero-order valence-corrected chi connectivity index (χ0v) is 9.57. The molecule has 16 heavy (non-hydrogen) atoms. The molecular formula is C11H18N2O3. The van der Waals surface area contributed by atoms with Gasteiger partial charge in [-0.05, 0) is 6.42 Å². The molecule has 1 aliphatic rings. The Morgan fingerprint density at radius 3 is 3.00 bits per heavy atom. The van der Waals surface area contributed by atoms with Gasteiger partial charge in [0.25, 0.3) is 0 Å². The maximum absolute atomic E-state index is 11.6. The number of carbonyl (C=O) groups is 1. The van der Waals surface area contributed by atoms with Crippen LogP contribution in [0.25, 0.3) is 0 Å². The first-order valence-corrected chi connectivity index (χ1v) is 5.64. The number of hydrogen-bond acceptors (Lipinski definition) is 4. The number of rotatable bonds is 5. The summed E-state index contributed by atoms with van der Waals surface area (Å²) in [6, 6.07) is 2.01. The number of carbonyl (C=O) groups excluding carboxylic acids is 1. The lowest BCUT2D eigenvalue weighted by atomic mass is 10.1. The topological polar surface area (TPSA) is 71.4 Å². The molecular weight excluding hydrogens is 208 g/mol. The Morgan fingerprint density at radius 1 is 1.62 bits per heavy atom. The molecule has 1 amide bonds. The molecule has 90 valence electrons. The van der Waals surface area contributed by atoms with Crippen molar-refractivity contribution in [2.24, 2.45) is 5.92 Å². The lowest BCUT2D eigenvalue weighted by Crippen LogP contribution is -2.41. The van der Waals surface area contributed by atoms with Crippen molar-refractivity contribution in [1.29, 1.82) is 5.26 Å². The SMILES string of the molecule is CCCC(C#N)C(=O)NCC1COCCO1. The van der Waals surface area contributed by atoms with Gasteiger partial charge in [0.15, 0.2) is 0 Å². The first kappa shape index (κ1) is 12.9. The van der Waals surface area contributed by atoms with Crippen molar-refractivity contribution in [3.8, 4) is 6.07 Å². The number of hydrogen-bond donors (Lipinski definition) is 1. The molecule has 0 saturated carbocycles. The Balaban J connectivity index is 2.25. The minimum atomic E-state index is -0.547. The van der Waals surface area contributed by atoms with Gasteiger partial charge in [-0.25, -0.2) is 0 Å². The Labute approximate surface area is 95.7 Å². The van der Waals surface area contributed by atoms with Gasteiger partial charge < -0.3 is 14.8 Å². The second kappa shape index (κ2) is 7.20. The van der Waals surface area contributed by atoms with Crippen molar-refractivity contribution in [1.82, 2.24) is 5.32 Å². The van der Waals surface area contributed by atoms with Crippen molar-refractivity contribution in [3.63, 3.8) is 0 Å². The minimum absolute atomic E-state index is 0.0846. The van der Waals surface area contributed by atoms with E-state index < -0.39 is 5.92 Å². The van der Waals surface area contributed by atoms with Gasteiger partial charge in [0.2, 0.25) is 5.91 Å². The Bertz CT molecular complexity index is 256. The quantitative estimate of drug-likeness (QED) is 0.739. The van der Waals surface area contributed by atoms with Gasteiger partial charge in [-0.2, -0.15) is 5.26 Å². The highest BCUT2D eigenvalue weighted by molar-refractivity contribution is 5.80. The number of nitrogens with one attached hydrogen (secondary N) is 1. The Morgan fingerprint density at radius 2 is 2.44 bits per heavy atom. The van der Waals surface area contributed by atoms with E-state index in [0.29, 0.717) is 32.8 Å². The number of ether oxygens (including phenoxy) is 2. The zero-order chi connectivity index (χ0) is 11.8. The first-order chi connectivity index (χ1) is 7.77. The summed E-state index contributed by atoms with van der Waals surface area (Å²) >= 11 is 0. The molecule has 1 aliphatic heterocycles. The summed E-state index contributed by atoms with van der Waals surface area (Å²) in [5.41, 5.74) is 0. The van der Waals surface area contributed by atoms with Crippen molar-refractivity contribution in [3.05, 3.63) is 0 Å². The number of nitriles is 1. The summed E-state index contributed by atoms with van der Waals surface area (Å²) < 4.78 is 10.6. The van der Waals surface area contributed by atoms with Crippen LogP contribution in [-0.2, 0) is 14.3 Å². The van der Waals surface area contributed by atoms with Crippen LogP contribution in [0.2, 0.25) is 0 Å². The van der Waals surface area contributed by atoms with E-state index in [4.69, 9.17) is 14.7 Å². The zero-order valence-electron chi connectivity index (χ0n) is 9.57. The highest BCUT2D eigenvalue weighted by Crippen LogP contribution is 2.05. The molecule has 0 bridgehead atoms. The molecule has 1 N–H and O–H groups in total. The van der Waals surface area contributed by atoms with E-state index in [0.717, 1.165) is 6.42 Å². The fraction of sp³-hybridized carbons (Fsp3) is 0.818. The third kappa shape index (κ3) is 4.17. The van der Waals surface area contributed by atoms with Crippen LogP contribution in [0.4, 0.5) is 0 Å². The van der Waals surface area contributed by atoms with E-state index in [-0.39, 0.29) is 12.0 Å². The van der Waals surface area contributed by atoms with Gasteiger partial charge in [-0.3, -0.25) is 4.79 Å². The third-order valence-electron chi connectivity index (χ3n) is 2.44. The fourth-order valence-electron chi connectivity index (χ4n) is 1.54. The molecule has 5 heteroatoms. The highest BCUT2D eigenvalue weighted by Gasteiger charge is 2.19. The fourth-order valence-corrected chi connectivity index (χ4v) is 1.54. The van der Waals surface area contributed by atoms with E-state index in [1.54, 1.807) is 0 Å². The molecule has 2 atom stereocenters. The maximum atomic E-state index is 11.6. The number of nitrogens with zero attached hydrogens (tertiary/aromatic N) is 1. The molecule has 0 aromatic rings.